The highest BCUT2D eigenvalue weighted by atomic mass is 16.5. The van der Waals surface area contributed by atoms with Crippen LogP contribution in [0.2, 0.25) is 0 Å². The molecule has 0 bridgehead atoms. The highest BCUT2D eigenvalue weighted by Crippen LogP contribution is 2.26. The van der Waals surface area contributed by atoms with Gasteiger partial charge in [-0.1, -0.05) is 24.3 Å². The molecule has 1 atom stereocenters. The summed E-state index contributed by atoms with van der Waals surface area (Å²) in [6.45, 7) is 5.67. The van der Waals surface area contributed by atoms with Crippen LogP contribution in [0.5, 0.6) is 11.5 Å². The molecule has 0 amide bonds. The maximum absolute atomic E-state index is 10.4. The van der Waals surface area contributed by atoms with Crippen LogP contribution in [0.4, 0.5) is 0 Å². The highest BCUT2D eigenvalue weighted by Gasteiger charge is 2.22. The standard InChI is InChI=1S/C23H29N3O3/c1-17-7-8-22(21-13-24-25-23(17)21)29-16-19(27)14-26-11-9-18(10-12-26)15-28-20-5-3-2-4-6-20/h2-8,13,18-19,27H,9-12,14-16H2,1H3,(H,24,25). The van der Waals surface area contributed by atoms with Crippen molar-refractivity contribution in [2.75, 3.05) is 32.8 Å². The van der Waals surface area contributed by atoms with Crippen LogP contribution in [0.25, 0.3) is 10.9 Å². The smallest absolute Gasteiger partial charge is 0.130 e. The third-order valence-corrected chi connectivity index (χ3v) is 5.62. The molecule has 2 heterocycles. The van der Waals surface area contributed by atoms with Crippen molar-refractivity contribution in [3.05, 3.63) is 54.2 Å². The number of aromatic nitrogens is 2. The van der Waals surface area contributed by atoms with E-state index in [9.17, 15) is 5.11 Å². The number of aliphatic hydroxyl groups is 1. The van der Waals surface area contributed by atoms with E-state index in [0.29, 0.717) is 12.5 Å². The fourth-order valence-electron chi connectivity index (χ4n) is 3.88. The van der Waals surface area contributed by atoms with E-state index in [0.717, 1.165) is 60.5 Å². The lowest BCUT2D eigenvalue weighted by Gasteiger charge is -2.33. The number of piperidine rings is 1. The van der Waals surface area contributed by atoms with Crippen molar-refractivity contribution in [1.82, 2.24) is 15.1 Å². The molecule has 0 spiro atoms. The SMILES string of the molecule is Cc1ccc(OCC(O)CN2CCC(COc3ccccc3)CC2)c2cn[nH]c12. The Kier molecular flexibility index (Phi) is 6.32. The summed E-state index contributed by atoms with van der Waals surface area (Å²) in [4.78, 5) is 2.32. The van der Waals surface area contributed by atoms with Crippen molar-refractivity contribution < 1.29 is 14.6 Å². The van der Waals surface area contributed by atoms with Crippen molar-refractivity contribution in [3.63, 3.8) is 0 Å². The van der Waals surface area contributed by atoms with Gasteiger partial charge in [0.2, 0.25) is 0 Å². The number of likely N-dealkylation sites (tertiary alicyclic amines) is 1. The number of fused-ring (bicyclic) bond motifs is 1. The van der Waals surface area contributed by atoms with Crippen molar-refractivity contribution >= 4 is 10.9 Å². The van der Waals surface area contributed by atoms with Gasteiger partial charge in [0, 0.05) is 6.54 Å². The molecular weight excluding hydrogens is 366 g/mol. The summed E-state index contributed by atoms with van der Waals surface area (Å²) in [5.41, 5.74) is 2.11. The lowest BCUT2D eigenvalue weighted by Crippen LogP contribution is -2.41. The summed E-state index contributed by atoms with van der Waals surface area (Å²) < 4.78 is 11.8. The molecule has 29 heavy (non-hydrogen) atoms. The van der Waals surface area contributed by atoms with Gasteiger partial charge in [0.1, 0.15) is 24.2 Å². The summed E-state index contributed by atoms with van der Waals surface area (Å²) in [5, 5.41) is 18.5. The minimum Gasteiger partial charge on any atom is -0.493 e. The van der Waals surface area contributed by atoms with Crippen LogP contribution >= 0.6 is 0 Å². The number of benzene rings is 2. The molecule has 0 radical (unpaired) electrons. The van der Waals surface area contributed by atoms with Crippen molar-refractivity contribution in [3.8, 4) is 11.5 Å². The quantitative estimate of drug-likeness (QED) is 0.612. The first-order chi connectivity index (χ1) is 14.2. The number of β-amino-alcohol motifs (C(OH)–C–C–N with tert-alkyl or cyclic N) is 1. The minimum atomic E-state index is -0.518. The molecule has 2 N–H and O–H groups in total. The lowest BCUT2D eigenvalue weighted by molar-refractivity contribution is 0.0507. The summed E-state index contributed by atoms with van der Waals surface area (Å²) in [6.07, 6.45) is 3.43. The van der Waals surface area contributed by atoms with Crippen LogP contribution in [0.1, 0.15) is 18.4 Å². The van der Waals surface area contributed by atoms with E-state index in [1.54, 1.807) is 6.20 Å². The molecule has 0 aliphatic carbocycles. The normalized spacial score (nSPS) is 16.8. The first kappa shape index (κ1) is 19.7. The van der Waals surface area contributed by atoms with Gasteiger partial charge in [-0.3, -0.25) is 5.10 Å². The topological polar surface area (TPSA) is 70.6 Å². The van der Waals surface area contributed by atoms with Crippen LogP contribution in [-0.4, -0.2) is 59.2 Å². The van der Waals surface area contributed by atoms with E-state index in [-0.39, 0.29) is 6.61 Å². The number of hydrogen-bond acceptors (Lipinski definition) is 5. The number of nitrogens with one attached hydrogen (secondary N) is 1. The molecule has 1 aliphatic rings. The number of hydrogen-bond donors (Lipinski definition) is 2. The number of aryl methyl sites for hydroxylation is 1. The second-order valence-corrected chi connectivity index (χ2v) is 7.87. The molecule has 154 valence electrons. The average Bonchev–Trinajstić information content (AvgIpc) is 3.25. The summed E-state index contributed by atoms with van der Waals surface area (Å²) in [6, 6.07) is 13.9. The molecule has 1 aliphatic heterocycles. The monoisotopic (exact) mass is 395 g/mol. The van der Waals surface area contributed by atoms with Gasteiger partial charge in [0.05, 0.1) is 23.7 Å². The molecule has 6 heteroatoms. The molecule has 2 aromatic carbocycles. The Balaban J connectivity index is 1.19. The first-order valence-electron chi connectivity index (χ1n) is 10.3. The van der Waals surface area contributed by atoms with Crippen LogP contribution in [0.3, 0.4) is 0 Å². The fraction of sp³-hybridized carbons (Fsp3) is 0.435. The van der Waals surface area contributed by atoms with Gasteiger partial charge in [-0.05, 0) is 62.5 Å². The Labute approximate surface area is 171 Å². The van der Waals surface area contributed by atoms with E-state index >= 15 is 0 Å². The Morgan fingerprint density at radius 1 is 1.14 bits per heavy atom. The zero-order chi connectivity index (χ0) is 20.1. The number of aliphatic hydroxyl groups excluding tert-OH is 1. The van der Waals surface area contributed by atoms with Crippen LogP contribution < -0.4 is 9.47 Å². The number of para-hydroxylation sites is 1. The van der Waals surface area contributed by atoms with Gasteiger partial charge in [0.15, 0.2) is 0 Å². The maximum atomic E-state index is 10.4. The third-order valence-electron chi connectivity index (χ3n) is 5.62. The van der Waals surface area contributed by atoms with Crippen LogP contribution in [-0.2, 0) is 0 Å². The molecule has 1 aromatic heterocycles. The van der Waals surface area contributed by atoms with Gasteiger partial charge < -0.3 is 19.5 Å². The average molecular weight is 396 g/mol. The van der Waals surface area contributed by atoms with Gasteiger partial charge >= 0.3 is 0 Å². The fourth-order valence-corrected chi connectivity index (χ4v) is 3.88. The number of nitrogens with zero attached hydrogens (tertiary/aromatic N) is 2. The third kappa shape index (κ3) is 5.08. The van der Waals surface area contributed by atoms with Crippen molar-refractivity contribution in [2.45, 2.75) is 25.9 Å². The van der Waals surface area contributed by atoms with Crippen molar-refractivity contribution in [1.29, 1.82) is 0 Å². The van der Waals surface area contributed by atoms with E-state index in [1.807, 2.05) is 49.4 Å². The minimum absolute atomic E-state index is 0.278. The predicted octanol–water partition coefficient (Wildman–Crippen LogP) is 3.40. The Morgan fingerprint density at radius 2 is 1.93 bits per heavy atom. The van der Waals surface area contributed by atoms with Gasteiger partial charge in [0.25, 0.3) is 0 Å². The molecule has 4 rings (SSSR count). The maximum Gasteiger partial charge on any atom is 0.130 e. The molecule has 0 saturated carbocycles. The summed E-state index contributed by atoms with van der Waals surface area (Å²) in [7, 11) is 0. The van der Waals surface area contributed by atoms with E-state index in [1.165, 1.54) is 0 Å². The lowest BCUT2D eigenvalue weighted by atomic mass is 9.97. The number of aromatic amines is 1. The van der Waals surface area contributed by atoms with E-state index in [2.05, 4.69) is 15.1 Å². The number of H-pyrrole nitrogens is 1. The van der Waals surface area contributed by atoms with Gasteiger partial charge in [-0.2, -0.15) is 5.10 Å². The highest BCUT2D eigenvalue weighted by molar-refractivity contribution is 5.87. The molecule has 3 aromatic rings. The first-order valence-corrected chi connectivity index (χ1v) is 10.3. The molecule has 1 saturated heterocycles. The van der Waals surface area contributed by atoms with Crippen LogP contribution in [0.15, 0.2) is 48.7 Å². The Bertz CT molecular complexity index is 904. The van der Waals surface area contributed by atoms with Crippen LogP contribution in [0, 0.1) is 12.8 Å². The number of ether oxygens (including phenoxy) is 2. The Morgan fingerprint density at radius 3 is 2.72 bits per heavy atom. The molecular formula is C23H29N3O3. The van der Waals surface area contributed by atoms with E-state index in [4.69, 9.17) is 9.47 Å². The summed E-state index contributed by atoms with van der Waals surface area (Å²) in [5.74, 6) is 2.27. The largest absolute Gasteiger partial charge is 0.493 e. The zero-order valence-electron chi connectivity index (χ0n) is 16.9. The van der Waals surface area contributed by atoms with Gasteiger partial charge in [-0.25, -0.2) is 0 Å². The summed E-state index contributed by atoms with van der Waals surface area (Å²) >= 11 is 0. The second-order valence-electron chi connectivity index (χ2n) is 7.87. The molecule has 1 fully saturated rings. The molecule has 6 nitrogen and oxygen atoms in total. The number of rotatable bonds is 8. The predicted molar refractivity (Wildman–Crippen MR) is 113 cm³/mol. The zero-order valence-corrected chi connectivity index (χ0v) is 16.9. The van der Waals surface area contributed by atoms with E-state index < -0.39 is 6.10 Å². The molecule has 1 unspecified atom stereocenters. The second kappa shape index (κ2) is 9.29. The van der Waals surface area contributed by atoms with Crippen molar-refractivity contribution in [2.24, 2.45) is 5.92 Å². The van der Waals surface area contributed by atoms with Gasteiger partial charge in [-0.15, -0.1) is 0 Å². The Hall–Kier alpha value is -2.57.